The molecule has 1 heterocycles. The van der Waals surface area contributed by atoms with Gasteiger partial charge in [-0.1, -0.05) is 29.5 Å². The van der Waals surface area contributed by atoms with Crippen molar-refractivity contribution in [2.45, 2.75) is 13.8 Å². The van der Waals surface area contributed by atoms with Gasteiger partial charge in [-0.3, -0.25) is 0 Å². The summed E-state index contributed by atoms with van der Waals surface area (Å²) in [5, 5.41) is 0.784. The van der Waals surface area contributed by atoms with E-state index in [1.54, 1.807) is 6.92 Å². The molecule has 100 valence electrons. The van der Waals surface area contributed by atoms with Gasteiger partial charge in [-0.2, -0.15) is 0 Å². The van der Waals surface area contributed by atoms with E-state index in [4.69, 9.17) is 4.74 Å². The summed E-state index contributed by atoms with van der Waals surface area (Å²) in [4.78, 5) is 18.7. The fraction of sp³-hybridized carbons (Fsp3) is 0.286. The third-order valence-electron chi connectivity index (χ3n) is 2.68. The average Bonchev–Trinajstić information content (AvgIpc) is 2.81. The van der Waals surface area contributed by atoms with Crippen molar-refractivity contribution in [2.75, 3.05) is 18.6 Å². The lowest BCUT2D eigenvalue weighted by Crippen LogP contribution is -2.08. The maximum Gasteiger partial charge on any atom is 0.350 e. The van der Waals surface area contributed by atoms with Crippen molar-refractivity contribution in [2.24, 2.45) is 0 Å². The Bertz CT molecular complexity index is 566. The van der Waals surface area contributed by atoms with Crippen LogP contribution in [-0.4, -0.2) is 24.6 Å². The Balaban J connectivity index is 2.27. The minimum atomic E-state index is -0.301. The molecule has 2 aromatic rings. The average molecular weight is 276 g/mol. The van der Waals surface area contributed by atoms with Gasteiger partial charge in [0.25, 0.3) is 0 Å². The van der Waals surface area contributed by atoms with E-state index >= 15 is 0 Å². The largest absolute Gasteiger partial charge is 0.462 e. The number of benzene rings is 1. The van der Waals surface area contributed by atoms with Crippen molar-refractivity contribution >= 4 is 28.1 Å². The molecule has 19 heavy (non-hydrogen) atoms. The van der Waals surface area contributed by atoms with Gasteiger partial charge < -0.3 is 9.64 Å². The summed E-state index contributed by atoms with van der Waals surface area (Å²) in [6.45, 7) is 4.00. The van der Waals surface area contributed by atoms with Crippen molar-refractivity contribution in [1.82, 2.24) is 4.98 Å². The van der Waals surface area contributed by atoms with Crippen molar-refractivity contribution in [3.63, 3.8) is 0 Å². The van der Waals surface area contributed by atoms with Crippen LogP contribution < -0.4 is 4.90 Å². The van der Waals surface area contributed by atoms with E-state index in [0.29, 0.717) is 17.2 Å². The zero-order chi connectivity index (χ0) is 13.8. The highest BCUT2D eigenvalue weighted by Crippen LogP contribution is 2.30. The zero-order valence-corrected chi connectivity index (χ0v) is 12.0. The van der Waals surface area contributed by atoms with Gasteiger partial charge in [0, 0.05) is 12.7 Å². The van der Waals surface area contributed by atoms with Crippen LogP contribution in [0.2, 0.25) is 0 Å². The predicted octanol–water partition coefficient (Wildman–Crippen LogP) is 3.40. The zero-order valence-electron chi connectivity index (χ0n) is 11.2. The lowest BCUT2D eigenvalue weighted by molar-refractivity contribution is 0.0531. The Hall–Kier alpha value is -1.88. The maximum atomic E-state index is 11.8. The number of carbonyl (C=O) groups is 1. The second-order valence-electron chi connectivity index (χ2n) is 4.03. The molecule has 0 N–H and O–H groups in total. The first-order valence-corrected chi connectivity index (χ1v) is 6.88. The number of thiazole rings is 1. The van der Waals surface area contributed by atoms with E-state index in [1.807, 2.05) is 49.2 Å². The second kappa shape index (κ2) is 5.84. The molecule has 0 radical (unpaired) electrons. The molecule has 0 saturated carbocycles. The fourth-order valence-electron chi connectivity index (χ4n) is 1.67. The van der Waals surface area contributed by atoms with Crippen molar-refractivity contribution in [1.29, 1.82) is 0 Å². The lowest BCUT2D eigenvalue weighted by Gasteiger charge is -2.15. The van der Waals surface area contributed by atoms with Gasteiger partial charge in [0.15, 0.2) is 5.13 Å². The van der Waals surface area contributed by atoms with Crippen molar-refractivity contribution in [3.8, 4) is 0 Å². The predicted molar refractivity (Wildman–Crippen MR) is 77.3 cm³/mol. The number of aromatic nitrogens is 1. The highest BCUT2D eigenvalue weighted by Gasteiger charge is 2.18. The standard InChI is InChI=1S/C14H16N2O2S/c1-4-18-13(17)12-10(2)15-14(19-12)16(3)11-8-6-5-7-9-11/h5-9H,4H2,1-3H3. The normalized spacial score (nSPS) is 10.3. The van der Waals surface area contributed by atoms with Crippen LogP contribution in [0.5, 0.6) is 0 Å². The Morgan fingerprint density at radius 3 is 2.68 bits per heavy atom. The third-order valence-corrected chi connectivity index (χ3v) is 3.89. The lowest BCUT2D eigenvalue weighted by atomic mass is 10.3. The highest BCUT2D eigenvalue weighted by atomic mass is 32.1. The van der Waals surface area contributed by atoms with E-state index in [2.05, 4.69) is 4.98 Å². The minimum absolute atomic E-state index is 0.301. The molecule has 0 spiro atoms. The Morgan fingerprint density at radius 1 is 1.37 bits per heavy atom. The van der Waals surface area contributed by atoms with E-state index in [1.165, 1.54) is 11.3 Å². The molecule has 0 aliphatic heterocycles. The van der Waals surface area contributed by atoms with Gasteiger partial charge in [-0.15, -0.1) is 0 Å². The first-order valence-electron chi connectivity index (χ1n) is 6.06. The number of anilines is 2. The van der Waals surface area contributed by atoms with Crippen LogP contribution >= 0.6 is 11.3 Å². The highest BCUT2D eigenvalue weighted by molar-refractivity contribution is 7.17. The van der Waals surface area contributed by atoms with E-state index < -0.39 is 0 Å². The van der Waals surface area contributed by atoms with Crippen molar-refractivity contribution < 1.29 is 9.53 Å². The molecule has 2 rings (SSSR count). The number of rotatable bonds is 4. The maximum absolute atomic E-state index is 11.8. The van der Waals surface area contributed by atoms with Crippen LogP contribution in [0.4, 0.5) is 10.8 Å². The van der Waals surface area contributed by atoms with E-state index in [0.717, 1.165) is 10.8 Å². The molecule has 0 fully saturated rings. The van der Waals surface area contributed by atoms with Crippen LogP contribution in [0.1, 0.15) is 22.3 Å². The van der Waals surface area contributed by atoms with Gasteiger partial charge in [0.05, 0.1) is 12.3 Å². The third kappa shape index (κ3) is 2.93. The van der Waals surface area contributed by atoms with E-state index in [9.17, 15) is 4.79 Å². The van der Waals surface area contributed by atoms with Crippen LogP contribution in [0.25, 0.3) is 0 Å². The molecule has 0 aliphatic carbocycles. The van der Waals surface area contributed by atoms with Crippen LogP contribution in [0.3, 0.4) is 0 Å². The molecular weight excluding hydrogens is 260 g/mol. The van der Waals surface area contributed by atoms with Crippen LogP contribution in [0, 0.1) is 6.92 Å². The Morgan fingerprint density at radius 2 is 2.05 bits per heavy atom. The molecule has 5 heteroatoms. The quantitative estimate of drug-likeness (QED) is 0.803. The molecule has 0 saturated heterocycles. The van der Waals surface area contributed by atoms with Gasteiger partial charge in [-0.05, 0) is 26.0 Å². The van der Waals surface area contributed by atoms with Gasteiger partial charge in [0.2, 0.25) is 0 Å². The topological polar surface area (TPSA) is 42.4 Å². The SMILES string of the molecule is CCOC(=O)c1sc(N(C)c2ccccc2)nc1C. The number of esters is 1. The molecule has 4 nitrogen and oxygen atoms in total. The summed E-state index contributed by atoms with van der Waals surface area (Å²) in [6, 6.07) is 9.91. The van der Waals surface area contributed by atoms with Crippen LogP contribution in [-0.2, 0) is 4.74 Å². The molecule has 0 unspecified atom stereocenters. The Kier molecular flexibility index (Phi) is 4.16. The van der Waals surface area contributed by atoms with Crippen LogP contribution in [0.15, 0.2) is 30.3 Å². The first-order chi connectivity index (χ1) is 9.13. The summed E-state index contributed by atoms with van der Waals surface area (Å²) < 4.78 is 5.02. The number of carbonyl (C=O) groups excluding carboxylic acids is 1. The number of ether oxygens (including phenoxy) is 1. The van der Waals surface area contributed by atoms with Crippen molar-refractivity contribution in [3.05, 3.63) is 40.9 Å². The molecule has 1 aromatic carbocycles. The number of nitrogens with zero attached hydrogens (tertiary/aromatic N) is 2. The summed E-state index contributed by atoms with van der Waals surface area (Å²) >= 11 is 1.35. The number of hydrogen-bond donors (Lipinski definition) is 0. The molecule has 0 bridgehead atoms. The monoisotopic (exact) mass is 276 g/mol. The van der Waals surface area contributed by atoms with Gasteiger partial charge in [0.1, 0.15) is 4.88 Å². The fourth-order valence-corrected chi connectivity index (χ4v) is 2.62. The molecule has 0 amide bonds. The van der Waals surface area contributed by atoms with Gasteiger partial charge in [-0.25, -0.2) is 9.78 Å². The first kappa shape index (κ1) is 13.5. The summed E-state index contributed by atoms with van der Waals surface area (Å²) in [5.41, 5.74) is 1.74. The number of aryl methyl sites for hydroxylation is 1. The summed E-state index contributed by atoms with van der Waals surface area (Å²) in [7, 11) is 1.93. The smallest absolute Gasteiger partial charge is 0.350 e. The second-order valence-corrected chi connectivity index (χ2v) is 5.00. The molecule has 1 aromatic heterocycles. The Labute approximate surface area is 116 Å². The molecular formula is C14H16N2O2S. The van der Waals surface area contributed by atoms with E-state index in [-0.39, 0.29) is 5.97 Å². The number of para-hydroxylation sites is 1. The molecule has 0 atom stereocenters. The summed E-state index contributed by atoms with van der Waals surface area (Å²) in [6.07, 6.45) is 0. The number of hydrogen-bond acceptors (Lipinski definition) is 5. The summed E-state index contributed by atoms with van der Waals surface area (Å²) in [5.74, 6) is -0.301. The minimum Gasteiger partial charge on any atom is -0.462 e. The molecule has 0 aliphatic rings. The van der Waals surface area contributed by atoms with Gasteiger partial charge >= 0.3 is 5.97 Å².